The van der Waals surface area contributed by atoms with Crippen molar-refractivity contribution in [1.82, 2.24) is 5.43 Å². The van der Waals surface area contributed by atoms with Gasteiger partial charge in [0.25, 0.3) is 5.91 Å². The van der Waals surface area contributed by atoms with Crippen LogP contribution in [-0.4, -0.2) is 18.2 Å². The van der Waals surface area contributed by atoms with Crippen LogP contribution in [0.2, 0.25) is 0 Å². The molecule has 0 saturated heterocycles. The molecule has 0 radical (unpaired) electrons. The van der Waals surface area contributed by atoms with E-state index in [9.17, 15) is 4.79 Å². The number of carbonyl (C=O) groups is 1. The predicted octanol–water partition coefficient (Wildman–Crippen LogP) is 3.11. The van der Waals surface area contributed by atoms with Crippen molar-refractivity contribution in [2.75, 3.05) is 6.61 Å². The molecule has 102 valence electrons. The van der Waals surface area contributed by atoms with Crippen molar-refractivity contribution in [3.05, 3.63) is 27.8 Å². The SMILES string of the molecule is O=C(COc1ccc(I)cc1)NN=C1CCCCC1. The molecular weight excluding hydrogens is 355 g/mol. The zero-order valence-corrected chi connectivity index (χ0v) is 12.9. The molecule has 0 aliphatic heterocycles. The molecule has 0 unspecified atom stereocenters. The number of amides is 1. The molecule has 1 amide bonds. The van der Waals surface area contributed by atoms with Gasteiger partial charge in [0.1, 0.15) is 5.75 Å². The van der Waals surface area contributed by atoms with Crippen LogP contribution in [0.25, 0.3) is 0 Å². The lowest BCUT2D eigenvalue weighted by atomic mass is 9.99. The van der Waals surface area contributed by atoms with E-state index in [1.807, 2.05) is 24.3 Å². The fourth-order valence-corrected chi connectivity index (χ4v) is 2.28. The molecular formula is C14H17IN2O2. The van der Waals surface area contributed by atoms with Gasteiger partial charge in [-0.2, -0.15) is 5.10 Å². The summed E-state index contributed by atoms with van der Waals surface area (Å²) in [5.41, 5.74) is 3.65. The predicted molar refractivity (Wildman–Crippen MR) is 83.3 cm³/mol. The number of ether oxygens (including phenoxy) is 1. The molecule has 1 aliphatic rings. The first-order valence-electron chi connectivity index (χ1n) is 6.47. The summed E-state index contributed by atoms with van der Waals surface area (Å²) in [4.78, 5) is 11.6. The minimum atomic E-state index is -0.211. The maximum Gasteiger partial charge on any atom is 0.277 e. The summed E-state index contributed by atoms with van der Waals surface area (Å²) in [5, 5.41) is 4.15. The molecule has 1 aromatic carbocycles. The number of benzene rings is 1. The number of halogens is 1. The van der Waals surface area contributed by atoms with E-state index in [1.54, 1.807) is 0 Å². The molecule has 2 rings (SSSR count). The topological polar surface area (TPSA) is 50.7 Å². The first-order chi connectivity index (χ1) is 9.24. The third-order valence-electron chi connectivity index (χ3n) is 2.95. The third-order valence-corrected chi connectivity index (χ3v) is 3.67. The molecule has 1 aromatic rings. The first kappa shape index (κ1) is 14.3. The molecule has 5 heteroatoms. The Morgan fingerprint density at radius 2 is 1.89 bits per heavy atom. The van der Waals surface area contributed by atoms with Gasteiger partial charge in [0, 0.05) is 9.28 Å². The lowest BCUT2D eigenvalue weighted by Crippen LogP contribution is -2.26. The average Bonchev–Trinajstić information content (AvgIpc) is 2.45. The van der Waals surface area contributed by atoms with Crippen LogP contribution in [0.15, 0.2) is 29.4 Å². The van der Waals surface area contributed by atoms with E-state index in [0.29, 0.717) is 5.75 Å². The summed E-state index contributed by atoms with van der Waals surface area (Å²) < 4.78 is 6.52. The van der Waals surface area contributed by atoms with E-state index < -0.39 is 0 Å². The second-order valence-electron chi connectivity index (χ2n) is 4.52. The van der Waals surface area contributed by atoms with Crippen molar-refractivity contribution in [3.63, 3.8) is 0 Å². The minimum absolute atomic E-state index is 0.00261. The fourth-order valence-electron chi connectivity index (χ4n) is 1.93. The highest BCUT2D eigenvalue weighted by Gasteiger charge is 2.07. The summed E-state index contributed by atoms with van der Waals surface area (Å²) >= 11 is 2.22. The highest BCUT2D eigenvalue weighted by atomic mass is 127. The van der Waals surface area contributed by atoms with Crippen LogP contribution < -0.4 is 10.2 Å². The quantitative estimate of drug-likeness (QED) is 0.652. The maximum atomic E-state index is 11.6. The number of hydrazone groups is 1. The Kier molecular flexibility index (Phi) is 5.62. The van der Waals surface area contributed by atoms with Crippen LogP contribution in [0, 0.1) is 3.57 Å². The van der Waals surface area contributed by atoms with E-state index in [2.05, 4.69) is 33.1 Å². The monoisotopic (exact) mass is 372 g/mol. The van der Waals surface area contributed by atoms with Gasteiger partial charge in [0.15, 0.2) is 6.61 Å². The fraction of sp³-hybridized carbons (Fsp3) is 0.429. The molecule has 1 fully saturated rings. The Bertz CT molecular complexity index is 449. The van der Waals surface area contributed by atoms with Crippen LogP contribution in [0.4, 0.5) is 0 Å². The Balaban J connectivity index is 1.73. The van der Waals surface area contributed by atoms with E-state index in [1.165, 1.54) is 19.3 Å². The van der Waals surface area contributed by atoms with Crippen LogP contribution in [0.3, 0.4) is 0 Å². The normalized spacial score (nSPS) is 14.9. The number of rotatable bonds is 4. The van der Waals surface area contributed by atoms with E-state index >= 15 is 0 Å². The summed E-state index contributed by atoms with van der Waals surface area (Å²) in [7, 11) is 0. The zero-order valence-electron chi connectivity index (χ0n) is 10.7. The number of nitrogens with zero attached hydrogens (tertiary/aromatic N) is 1. The van der Waals surface area contributed by atoms with Gasteiger partial charge in [0.05, 0.1) is 0 Å². The molecule has 4 nitrogen and oxygen atoms in total. The molecule has 1 N–H and O–H groups in total. The highest BCUT2D eigenvalue weighted by molar-refractivity contribution is 14.1. The van der Waals surface area contributed by atoms with E-state index in [-0.39, 0.29) is 12.5 Å². The van der Waals surface area contributed by atoms with Crippen molar-refractivity contribution >= 4 is 34.2 Å². The molecule has 0 bridgehead atoms. The molecule has 1 saturated carbocycles. The van der Waals surface area contributed by atoms with Gasteiger partial charge in [-0.05, 0) is 72.5 Å². The van der Waals surface area contributed by atoms with Crippen molar-refractivity contribution in [3.8, 4) is 5.75 Å². The zero-order chi connectivity index (χ0) is 13.5. The lowest BCUT2D eigenvalue weighted by molar-refractivity contribution is -0.123. The minimum Gasteiger partial charge on any atom is -0.484 e. The third kappa shape index (κ3) is 5.18. The molecule has 0 atom stereocenters. The molecule has 0 spiro atoms. The van der Waals surface area contributed by atoms with Gasteiger partial charge in [-0.25, -0.2) is 5.43 Å². The Hall–Kier alpha value is -1.11. The smallest absolute Gasteiger partial charge is 0.277 e. The number of hydrogen-bond acceptors (Lipinski definition) is 3. The number of hydrogen-bond donors (Lipinski definition) is 1. The summed E-state index contributed by atoms with van der Waals surface area (Å²) in [6.45, 7) is -0.00261. The van der Waals surface area contributed by atoms with Crippen LogP contribution in [-0.2, 0) is 4.79 Å². The van der Waals surface area contributed by atoms with Gasteiger partial charge >= 0.3 is 0 Å². The number of carbonyl (C=O) groups excluding carboxylic acids is 1. The van der Waals surface area contributed by atoms with Crippen molar-refractivity contribution in [1.29, 1.82) is 0 Å². The summed E-state index contributed by atoms with van der Waals surface area (Å²) in [6, 6.07) is 7.58. The Morgan fingerprint density at radius 1 is 1.21 bits per heavy atom. The maximum absolute atomic E-state index is 11.6. The summed E-state index contributed by atoms with van der Waals surface area (Å²) in [6.07, 6.45) is 5.61. The number of nitrogens with one attached hydrogen (secondary N) is 1. The highest BCUT2D eigenvalue weighted by Crippen LogP contribution is 2.14. The van der Waals surface area contributed by atoms with Crippen LogP contribution in [0.5, 0.6) is 5.75 Å². The molecule has 0 heterocycles. The first-order valence-corrected chi connectivity index (χ1v) is 7.54. The average molecular weight is 372 g/mol. The van der Waals surface area contributed by atoms with Gasteiger partial charge < -0.3 is 4.74 Å². The van der Waals surface area contributed by atoms with E-state index in [4.69, 9.17) is 4.74 Å². The van der Waals surface area contributed by atoms with Crippen molar-refractivity contribution in [2.24, 2.45) is 5.10 Å². The molecule has 0 aromatic heterocycles. The Labute approximate surface area is 126 Å². The van der Waals surface area contributed by atoms with Crippen molar-refractivity contribution < 1.29 is 9.53 Å². The van der Waals surface area contributed by atoms with Gasteiger partial charge in [-0.1, -0.05) is 6.42 Å². The second kappa shape index (κ2) is 7.47. The van der Waals surface area contributed by atoms with Crippen LogP contribution >= 0.6 is 22.6 Å². The van der Waals surface area contributed by atoms with Gasteiger partial charge in [0.2, 0.25) is 0 Å². The van der Waals surface area contributed by atoms with Crippen LogP contribution in [0.1, 0.15) is 32.1 Å². The standard InChI is InChI=1S/C14H17IN2O2/c15-11-6-8-13(9-7-11)19-10-14(18)17-16-12-4-2-1-3-5-12/h6-9H,1-5,10H2,(H,17,18). The van der Waals surface area contributed by atoms with Gasteiger partial charge in [-0.15, -0.1) is 0 Å². The lowest BCUT2D eigenvalue weighted by Gasteiger charge is -2.12. The summed E-state index contributed by atoms with van der Waals surface area (Å²) in [5.74, 6) is 0.484. The van der Waals surface area contributed by atoms with E-state index in [0.717, 1.165) is 22.1 Å². The second-order valence-corrected chi connectivity index (χ2v) is 5.76. The van der Waals surface area contributed by atoms with Crippen molar-refractivity contribution in [2.45, 2.75) is 32.1 Å². The Morgan fingerprint density at radius 3 is 2.58 bits per heavy atom. The molecule has 1 aliphatic carbocycles. The largest absolute Gasteiger partial charge is 0.484 e. The molecule has 19 heavy (non-hydrogen) atoms. The van der Waals surface area contributed by atoms with Gasteiger partial charge in [-0.3, -0.25) is 4.79 Å².